The number of hydrogen-bond donors (Lipinski definition) is 0. The Morgan fingerprint density at radius 2 is 1.51 bits per heavy atom. The summed E-state index contributed by atoms with van der Waals surface area (Å²) in [5, 5.41) is 8.84. The molecule has 9 nitrogen and oxygen atoms in total. The number of sulfonamides is 1. The van der Waals surface area contributed by atoms with Gasteiger partial charge in [0, 0.05) is 50.4 Å². The minimum absolute atomic E-state index is 0.105. The van der Waals surface area contributed by atoms with E-state index >= 15 is 0 Å². The lowest BCUT2D eigenvalue weighted by molar-refractivity contribution is 0.0730. The van der Waals surface area contributed by atoms with E-state index in [0.29, 0.717) is 58.0 Å². The van der Waals surface area contributed by atoms with Crippen molar-refractivity contribution in [2.75, 3.05) is 57.4 Å². The lowest BCUT2D eigenvalue weighted by atomic mass is 10.1. The molecule has 194 valence electrons. The van der Waals surface area contributed by atoms with Crippen molar-refractivity contribution in [2.24, 2.45) is 0 Å². The second-order valence-corrected chi connectivity index (χ2v) is 11.1. The van der Waals surface area contributed by atoms with Crippen molar-refractivity contribution < 1.29 is 17.9 Å². The quantitative estimate of drug-likeness (QED) is 0.492. The summed E-state index contributed by atoms with van der Waals surface area (Å²) in [7, 11) is -3.58. The van der Waals surface area contributed by atoms with Gasteiger partial charge >= 0.3 is 0 Å². The summed E-state index contributed by atoms with van der Waals surface area (Å²) in [5.41, 5.74) is 3.64. The van der Waals surface area contributed by atoms with Crippen LogP contribution in [0.2, 0.25) is 0 Å². The number of piperazine rings is 1. The molecule has 2 fully saturated rings. The Morgan fingerprint density at radius 1 is 0.838 bits per heavy atom. The molecule has 2 aliphatic heterocycles. The highest BCUT2D eigenvalue weighted by Crippen LogP contribution is 2.22. The maximum Gasteiger partial charge on any atom is 0.253 e. The molecule has 0 unspecified atom stereocenters. The van der Waals surface area contributed by atoms with Crippen LogP contribution >= 0.6 is 0 Å². The van der Waals surface area contributed by atoms with Crippen molar-refractivity contribution in [3.63, 3.8) is 0 Å². The molecule has 0 atom stereocenters. The summed E-state index contributed by atoms with van der Waals surface area (Å²) in [5.74, 6) is 0.686. The molecule has 2 aromatic carbocycles. The molecule has 1 amide bonds. The van der Waals surface area contributed by atoms with Gasteiger partial charge in [-0.05, 0) is 48.4 Å². The van der Waals surface area contributed by atoms with Gasteiger partial charge in [-0.25, -0.2) is 8.42 Å². The molecular formula is C27H31N5O4S. The van der Waals surface area contributed by atoms with E-state index in [1.54, 1.807) is 17.0 Å². The van der Waals surface area contributed by atoms with Crippen molar-refractivity contribution in [3.05, 3.63) is 71.8 Å². The van der Waals surface area contributed by atoms with Crippen LogP contribution in [0, 0.1) is 0 Å². The lowest BCUT2D eigenvalue weighted by Crippen LogP contribution is -2.49. The van der Waals surface area contributed by atoms with Crippen LogP contribution in [0.5, 0.6) is 0 Å². The summed E-state index contributed by atoms with van der Waals surface area (Å²) in [6.45, 7) is 5.99. The Balaban J connectivity index is 1.18. The van der Waals surface area contributed by atoms with Crippen LogP contribution in [-0.4, -0.2) is 86.2 Å². The molecule has 3 aromatic rings. The van der Waals surface area contributed by atoms with Gasteiger partial charge in [0.2, 0.25) is 10.0 Å². The monoisotopic (exact) mass is 521 g/mol. The number of benzene rings is 2. The zero-order valence-electron chi connectivity index (χ0n) is 20.9. The first-order valence-corrected chi connectivity index (χ1v) is 14.0. The molecule has 0 spiro atoms. The van der Waals surface area contributed by atoms with Gasteiger partial charge in [-0.3, -0.25) is 4.79 Å². The van der Waals surface area contributed by atoms with E-state index in [2.05, 4.69) is 46.3 Å². The number of hydrogen-bond acceptors (Lipinski definition) is 7. The zero-order chi connectivity index (χ0) is 25.8. The average molecular weight is 522 g/mol. The highest BCUT2D eigenvalue weighted by atomic mass is 32.2. The molecule has 5 rings (SSSR count). The molecule has 0 saturated carbocycles. The standard InChI is InChI=1S/C27H31N5O4S/c1-2-21-3-5-22(6-4-21)25-11-12-26(29-28-25)30-13-15-31(16-14-30)27(33)23-7-9-24(10-8-23)37(34,35)32-17-19-36-20-18-32/h3-12H,2,13-20H2,1H3. The SMILES string of the molecule is CCc1ccc(-c2ccc(N3CCN(C(=O)c4ccc(S(=O)(=O)N5CCOCC5)cc4)CC3)nn2)cc1. The number of nitrogens with zero attached hydrogens (tertiary/aromatic N) is 5. The highest BCUT2D eigenvalue weighted by Gasteiger charge is 2.27. The summed E-state index contributed by atoms with van der Waals surface area (Å²) >= 11 is 0. The van der Waals surface area contributed by atoms with E-state index in [1.165, 1.54) is 22.0 Å². The van der Waals surface area contributed by atoms with E-state index in [0.717, 1.165) is 23.5 Å². The van der Waals surface area contributed by atoms with Gasteiger partial charge in [-0.2, -0.15) is 4.31 Å². The van der Waals surface area contributed by atoms with Crippen LogP contribution < -0.4 is 4.90 Å². The number of morpholine rings is 1. The first-order valence-electron chi connectivity index (χ1n) is 12.6. The number of carbonyl (C=O) groups is 1. The molecule has 2 saturated heterocycles. The fourth-order valence-electron chi connectivity index (χ4n) is 4.59. The van der Waals surface area contributed by atoms with E-state index in [-0.39, 0.29) is 10.8 Å². The van der Waals surface area contributed by atoms with Gasteiger partial charge in [0.05, 0.1) is 23.8 Å². The fraction of sp³-hybridized carbons (Fsp3) is 0.370. The Morgan fingerprint density at radius 3 is 2.11 bits per heavy atom. The van der Waals surface area contributed by atoms with Crippen LogP contribution in [-0.2, 0) is 21.2 Å². The molecule has 0 bridgehead atoms. The molecule has 0 radical (unpaired) electrons. The molecule has 0 N–H and O–H groups in total. The average Bonchev–Trinajstić information content (AvgIpc) is 2.97. The second kappa shape index (κ2) is 11.0. The maximum absolute atomic E-state index is 13.1. The minimum atomic E-state index is -3.58. The van der Waals surface area contributed by atoms with Crippen molar-refractivity contribution in [2.45, 2.75) is 18.2 Å². The number of anilines is 1. The topological polar surface area (TPSA) is 95.9 Å². The Bertz CT molecular complexity index is 1310. The minimum Gasteiger partial charge on any atom is -0.379 e. The van der Waals surface area contributed by atoms with Crippen LogP contribution in [0.3, 0.4) is 0 Å². The largest absolute Gasteiger partial charge is 0.379 e. The van der Waals surface area contributed by atoms with Gasteiger partial charge in [-0.1, -0.05) is 31.2 Å². The molecule has 3 heterocycles. The predicted molar refractivity (Wildman–Crippen MR) is 141 cm³/mol. The number of rotatable bonds is 6. The third-order valence-electron chi connectivity index (χ3n) is 6.91. The van der Waals surface area contributed by atoms with E-state index in [9.17, 15) is 13.2 Å². The second-order valence-electron chi connectivity index (χ2n) is 9.15. The Hall–Kier alpha value is -3.34. The summed E-state index contributed by atoms with van der Waals surface area (Å²) < 4.78 is 32.3. The molecule has 37 heavy (non-hydrogen) atoms. The third kappa shape index (κ3) is 5.51. The van der Waals surface area contributed by atoms with Crippen LogP contribution in [0.1, 0.15) is 22.8 Å². The molecule has 0 aliphatic carbocycles. The molecule has 10 heteroatoms. The van der Waals surface area contributed by atoms with E-state index < -0.39 is 10.0 Å². The first kappa shape index (κ1) is 25.3. The normalized spacial score (nSPS) is 17.1. The maximum atomic E-state index is 13.1. The highest BCUT2D eigenvalue weighted by molar-refractivity contribution is 7.89. The van der Waals surface area contributed by atoms with Gasteiger partial charge in [-0.15, -0.1) is 10.2 Å². The molecular weight excluding hydrogens is 490 g/mol. The lowest BCUT2D eigenvalue weighted by Gasteiger charge is -2.35. The Labute approximate surface area is 217 Å². The first-order chi connectivity index (χ1) is 18.0. The number of aryl methyl sites for hydroxylation is 1. The van der Waals surface area contributed by atoms with Crippen molar-refractivity contribution in [1.82, 2.24) is 19.4 Å². The van der Waals surface area contributed by atoms with Crippen LogP contribution in [0.25, 0.3) is 11.3 Å². The number of carbonyl (C=O) groups excluding carboxylic acids is 1. The van der Waals surface area contributed by atoms with Gasteiger partial charge in [0.25, 0.3) is 5.91 Å². The van der Waals surface area contributed by atoms with Crippen LogP contribution in [0.4, 0.5) is 5.82 Å². The molecule has 2 aliphatic rings. The van der Waals surface area contributed by atoms with Crippen LogP contribution in [0.15, 0.2) is 65.6 Å². The summed E-state index contributed by atoms with van der Waals surface area (Å²) in [6, 6.07) is 18.5. The number of ether oxygens (including phenoxy) is 1. The van der Waals surface area contributed by atoms with Gasteiger partial charge in [0.1, 0.15) is 0 Å². The summed E-state index contributed by atoms with van der Waals surface area (Å²) in [4.78, 5) is 17.2. The zero-order valence-corrected chi connectivity index (χ0v) is 21.7. The number of amides is 1. The van der Waals surface area contributed by atoms with Gasteiger partial charge in [0.15, 0.2) is 5.82 Å². The smallest absolute Gasteiger partial charge is 0.253 e. The Kier molecular flexibility index (Phi) is 7.50. The van der Waals surface area contributed by atoms with Gasteiger partial charge < -0.3 is 14.5 Å². The molecule has 1 aromatic heterocycles. The van der Waals surface area contributed by atoms with Crippen molar-refractivity contribution in [1.29, 1.82) is 0 Å². The van der Waals surface area contributed by atoms with E-state index in [1.807, 2.05) is 12.1 Å². The third-order valence-corrected chi connectivity index (χ3v) is 8.82. The predicted octanol–water partition coefficient (Wildman–Crippen LogP) is 2.69. The fourth-order valence-corrected chi connectivity index (χ4v) is 5.99. The van der Waals surface area contributed by atoms with E-state index in [4.69, 9.17) is 4.74 Å². The number of aromatic nitrogens is 2. The summed E-state index contributed by atoms with van der Waals surface area (Å²) in [6.07, 6.45) is 1.00. The van der Waals surface area contributed by atoms with Crippen molar-refractivity contribution >= 4 is 21.7 Å². The van der Waals surface area contributed by atoms with Crippen molar-refractivity contribution in [3.8, 4) is 11.3 Å².